The standard InChI is InChI=1S/C16H13N3O2/c17-13(20)9-3-4-10-7-16(8-11(10)6-9)12-2-1-5-18-14(12)19-15(16)21/h1-6H,7-8H2,(H2,17,20)(H,18,19,21). The van der Waals surface area contributed by atoms with Crippen molar-refractivity contribution in [1.29, 1.82) is 0 Å². The minimum atomic E-state index is -0.595. The summed E-state index contributed by atoms with van der Waals surface area (Å²) in [4.78, 5) is 28.0. The van der Waals surface area contributed by atoms with Crippen LogP contribution < -0.4 is 11.1 Å². The van der Waals surface area contributed by atoms with Gasteiger partial charge < -0.3 is 11.1 Å². The van der Waals surface area contributed by atoms with Gasteiger partial charge in [0.25, 0.3) is 0 Å². The van der Waals surface area contributed by atoms with E-state index in [9.17, 15) is 9.59 Å². The van der Waals surface area contributed by atoms with Gasteiger partial charge in [-0.15, -0.1) is 0 Å². The molecule has 2 amide bonds. The summed E-state index contributed by atoms with van der Waals surface area (Å²) < 4.78 is 0. The molecule has 5 heteroatoms. The lowest BCUT2D eigenvalue weighted by Gasteiger charge is -2.20. The van der Waals surface area contributed by atoms with Crippen LogP contribution in [0.3, 0.4) is 0 Å². The molecule has 3 N–H and O–H groups in total. The summed E-state index contributed by atoms with van der Waals surface area (Å²) in [5, 5.41) is 2.86. The number of benzene rings is 1. The van der Waals surface area contributed by atoms with Crippen molar-refractivity contribution < 1.29 is 9.59 Å². The lowest BCUT2D eigenvalue weighted by Crippen LogP contribution is -2.35. The van der Waals surface area contributed by atoms with Gasteiger partial charge in [0, 0.05) is 17.3 Å². The van der Waals surface area contributed by atoms with E-state index in [1.807, 2.05) is 18.2 Å². The van der Waals surface area contributed by atoms with Crippen molar-refractivity contribution in [2.24, 2.45) is 5.73 Å². The molecule has 0 saturated heterocycles. The van der Waals surface area contributed by atoms with Gasteiger partial charge in [-0.1, -0.05) is 12.1 Å². The fourth-order valence-electron chi connectivity index (χ4n) is 3.42. The van der Waals surface area contributed by atoms with Crippen molar-refractivity contribution in [3.63, 3.8) is 0 Å². The monoisotopic (exact) mass is 279 g/mol. The number of aromatic nitrogens is 1. The minimum Gasteiger partial charge on any atom is -0.366 e. The number of hydrogen-bond donors (Lipinski definition) is 2. The number of carbonyl (C=O) groups is 2. The van der Waals surface area contributed by atoms with Gasteiger partial charge in [-0.3, -0.25) is 9.59 Å². The number of primary amides is 1. The molecule has 5 nitrogen and oxygen atoms in total. The second-order valence-corrected chi connectivity index (χ2v) is 5.64. The molecule has 0 saturated carbocycles. The van der Waals surface area contributed by atoms with Crippen LogP contribution in [-0.4, -0.2) is 16.8 Å². The van der Waals surface area contributed by atoms with Crippen molar-refractivity contribution in [2.45, 2.75) is 18.3 Å². The van der Waals surface area contributed by atoms with Crippen molar-refractivity contribution >= 4 is 17.6 Å². The first-order chi connectivity index (χ1) is 10.1. The third-order valence-electron chi connectivity index (χ3n) is 4.47. The zero-order valence-electron chi connectivity index (χ0n) is 11.2. The summed E-state index contributed by atoms with van der Waals surface area (Å²) in [6.45, 7) is 0. The molecule has 2 aliphatic rings. The number of nitrogens with two attached hydrogens (primary N) is 1. The second kappa shape index (κ2) is 3.91. The van der Waals surface area contributed by atoms with E-state index in [0.717, 1.165) is 16.7 Å². The average Bonchev–Trinajstić information content (AvgIpc) is 2.98. The molecule has 1 aliphatic heterocycles. The molecular weight excluding hydrogens is 266 g/mol. The largest absolute Gasteiger partial charge is 0.366 e. The zero-order valence-corrected chi connectivity index (χ0v) is 11.2. The number of hydrogen-bond acceptors (Lipinski definition) is 3. The summed E-state index contributed by atoms with van der Waals surface area (Å²) in [5.41, 5.74) is 8.25. The Balaban J connectivity index is 1.83. The van der Waals surface area contributed by atoms with Crippen LogP contribution in [0.15, 0.2) is 36.5 Å². The average molecular weight is 279 g/mol. The molecule has 0 bridgehead atoms. The Labute approximate surface area is 121 Å². The third-order valence-corrected chi connectivity index (χ3v) is 4.47. The molecule has 1 atom stereocenters. The Bertz CT molecular complexity index is 800. The van der Waals surface area contributed by atoms with E-state index >= 15 is 0 Å². The third kappa shape index (κ3) is 1.54. The number of rotatable bonds is 1. The number of nitrogens with one attached hydrogen (secondary N) is 1. The molecule has 0 fully saturated rings. The topological polar surface area (TPSA) is 85.1 Å². The summed E-state index contributed by atoms with van der Waals surface area (Å²) in [6.07, 6.45) is 2.88. The smallest absolute Gasteiger partial charge is 0.248 e. The highest BCUT2D eigenvalue weighted by molar-refractivity contribution is 6.06. The van der Waals surface area contributed by atoms with Gasteiger partial charge in [-0.25, -0.2) is 4.98 Å². The summed E-state index contributed by atoms with van der Waals surface area (Å²) in [7, 11) is 0. The van der Waals surface area contributed by atoms with Crippen LogP contribution in [0.25, 0.3) is 0 Å². The lowest BCUT2D eigenvalue weighted by molar-refractivity contribution is -0.120. The SMILES string of the molecule is NC(=O)c1ccc2c(c1)CC1(C2)C(=O)Nc2ncccc21. The molecule has 0 radical (unpaired) electrons. The minimum absolute atomic E-state index is 0.0203. The molecule has 1 aliphatic carbocycles. The number of amides is 2. The number of pyridine rings is 1. The highest BCUT2D eigenvalue weighted by atomic mass is 16.2. The molecule has 104 valence electrons. The van der Waals surface area contributed by atoms with Gasteiger partial charge in [-0.05, 0) is 42.2 Å². The van der Waals surface area contributed by atoms with Gasteiger partial charge in [0.05, 0.1) is 5.41 Å². The maximum atomic E-state index is 12.5. The van der Waals surface area contributed by atoms with E-state index < -0.39 is 11.3 Å². The Morgan fingerprint density at radius 2 is 2.05 bits per heavy atom. The molecule has 1 aromatic heterocycles. The highest BCUT2D eigenvalue weighted by Gasteiger charge is 2.51. The van der Waals surface area contributed by atoms with E-state index in [2.05, 4.69) is 10.3 Å². The Morgan fingerprint density at radius 1 is 1.24 bits per heavy atom. The molecule has 2 aromatic rings. The second-order valence-electron chi connectivity index (χ2n) is 5.64. The summed E-state index contributed by atoms with van der Waals surface area (Å²) in [5.74, 6) is 0.176. The van der Waals surface area contributed by atoms with E-state index in [1.54, 1.807) is 18.3 Å². The van der Waals surface area contributed by atoms with Crippen LogP contribution in [0.4, 0.5) is 5.82 Å². The van der Waals surface area contributed by atoms with Crippen LogP contribution in [0.2, 0.25) is 0 Å². The van der Waals surface area contributed by atoms with Gasteiger partial charge >= 0.3 is 0 Å². The van der Waals surface area contributed by atoms with Crippen molar-refractivity contribution in [3.8, 4) is 0 Å². The first kappa shape index (κ1) is 12.1. The fourth-order valence-corrected chi connectivity index (χ4v) is 3.42. The highest BCUT2D eigenvalue weighted by Crippen LogP contribution is 2.46. The Kier molecular flexibility index (Phi) is 2.25. The van der Waals surface area contributed by atoms with E-state index in [4.69, 9.17) is 5.73 Å². The molecular formula is C16H13N3O2. The molecule has 21 heavy (non-hydrogen) atoms. The fraction of sp³-hybridized carbons (Fsp3) is 0.188. The van der Waals surface area contributed by atoms with Gasteiger partial charge in [0.1, 0.15) is 5.82 Å². The number of anilines is 1. The predicted octanol–water partition coefficient (Wildman–Crippen LogP) is 1.17. The van der Waals surface area contributed by atoms with Gasteiger partial charge in [-0.2, -0.15) is 0 Å². The van der Waals surface area contributed by atoms with Crippen LogP contribution in [0.5, 0.6) is 0 Å². The number of nitrogens with zero attached hydrogens (tertiary/aromatic N) is 1. The predicted molar refractivity (Wildman–Crippen MR) is 76.9 cm³/mol. The molecule has 2 heterocycles. The lowest BCUT2D eigenvalue weighted by atomic mass is 9.79. The van der Waals surface area contributed by atoms with Crippen molar-refractivity contribution in [1.82, 2.24) is 4.98 Å². The normalized spacial score (nSPS) is 22.0. The molecule has 1 spiro atoms. The van der Waals surface area contributed by atoms with E-state index in [1.165, 1.54) is 0 Å². The first-order valence-electron chi connectivity index (χ1n) is 6.79. The molecule has 1 unspecified atom stereocenters. The van der Waals surface area contributed by atoms with Crippen LogP contribution >= 0.6 is 0 Å². The van der Waals surface area contributed by atoms with Crippen molar-refractivity contribution in [2.75, 3.05) is 5.32 Å². The maximum absolute atomic E-state index is 12.5. The Morgan fingerprint density at radius 3 is 2.86 bits per heavy atom. The molecule has 4 rings (SSSR count). The van der Waals surface area contributed by atoms with Crippen LogP contribution in [0.1, 0.15) is 27.0 Å². The number of fused-ring (bicyclic) bond motifs is 3. The van der Waals surface area contributed by atoms with E-state index in [0.29, 0.717) is 24.2 Å². The zero-order chi connectivity index (χ0) is 14.6. The van der Waals surface area contributed by atoms with Crippen LogP contribution in [-0.2, 0) is 23.1 Å². The molecule has 1 aromatic carbocycles. The van der Waals surface area contributed by atoms with Crippen LogP contribution in [0, 0.1) is 0 Å². The van der Waals surface area contributed by atoms with Crippen molar-refractivity contribution in [3.05, 3.63) is 58.8 Å². The maximum Gasteiger partial charge on any atom is 0.248 e. The number of carbonyl (C=O) groups excluding carboxylic acids is 2. The quantitative estimate of drug-likeness (QED) is 0.821. The van der Waals surface area contributed by atoms with Gasteiger partial charge in [0.15, 0.2) is 0 Å². The first-order valence-corrected chi connectivity index (χ1v) is 6.79. The van der Waals surface area contributed by atoms with Gasteiger partial charge in [0.2, 0.25) is 11.8 Å². The van der Waals surface area contributed by atoms with E-state index in [-0.39, 0.29) is 5.91 Å². The summed E-state index contributed by atoms with van der Waals surface area (Å²) in [6, 6.07) is 9.21. The Hall–Kier alpha value is -2.69. The summed E-state index contributed by atoms with van der Waals surface area (Å²) >= 11 is 0.